The normalized spacial score (nSPS) is 10.6. The van der Waals surface area contributed by atoms with E-state index in [2.05, 4.69) is 5.32 Å². The van der Waals surface area contributed by atoms with Crippen LogP contribution in [0.1, 0.15) is 11.1 Å². The first kappa shape index (κ1) is 13.0. The van der Waals surface area contributed by atoms with Crippen molar-refractivity contribution in [2.24, 2.45) is 0 Å². The van der Waals surface area contributed by atoms with Crippen LogP contribution in [0.15, 0.2) is 60.7 Å². The fourth-order valence-corrected chi connectivity index (χ4v) is 1.62. The highest BCUT2D eigenvalue weighted by Gasteiger charge is 1.98. The third kappa shape index (κ3) is 4.07. The molecule has 0 saturated heterocycles. The second kappa shape index (κ2) is 6.50. The Labute approximate surface area is 111 Å². The average molecular weight is 255 g/mol. The second-order valence-corrected chi connectivity index (χ2v) is 4.06. The molecule has 0 spiro atoms. The van der Waals surface area contributed by atoms with Gasteiger partial charge in [0.25, 0.3) is 0 Å². The molecule has 0 aliphatic carbocycles. The molecule has 2 aromatic rings. The summed E-state index contributed by atoms with van der Waals surface area (Å²) in [6, 6.07) is 15.9. The molecule has 96 valence electrons. The van der Waals surface area contributed by atoms with E-state index in [1.165, 1.54) is 18.2 Å². The zero-order valence-corrected chi connectivity index (χ0v) is 10.3. The Morgan fingerprint density at radius 2 is 1.74 bits per heavy atom. The summed E-state index contributed by atoms with van der Waals surface area (Å²) in [5.74, 6) is -0.582. The number of hydrogen-bond acceptors (Lipinski definition) is 1. The van der Waals surface area contributed by atoms with Gasteiger partial charge in [-0.3, -0.25) is 4.79 Å². The lowest BCUT2D eigenvalue weighted by Gasteiger charge is -2.02. The number of carbonyl (C=O) groups excluding carboxylic acids is 1. The van der Waals surface area contributed by atoms with Crippen molar-refractivity contribution in [3.8, 4) is 0 Å². The second-order valence-electron chi connectivity index (χ2n) is 4.06. The maximum absolute atomic E-state index is 13.3. The van der Waals surface area contributed by atoms with Crippen LogP contribution in [0.4, 0.5) is 4.39 Å². The van der Waals surface area contributed by atoms with Crippen LogP contribution in [0.5, 0.6) is 0 Å². The number of hydrogen-bond donors (Lipinski definition) is 1. The zero-order valence-electron chi connectivity index (χ0n) is 10.3. The summed E-state index contributed by atoms with van der Waals surface area (Å²) in [4.78, 5) is 11.6. The first-order valence-electron chi connectivity index (χ1n) is 6.00. The molecule has 0 aliphatic heterocycles. The molecule has 19 heavy (non-hydrogen) atoms. The molecule has 0 heterocycles. The first-order chi connectivity index (χ1) is 9.25. The van der Waals surface area contributed by atoms with E-state index in [0.717, 1.165) is 5.56 Å². The van der Waals surface area contributed by atoms with Crippen LogP contribution in [0, 0.1) is 5.82 Å². The van der Waals surface area contributed by atoms with Crippen LogP contribution in [0.3, 0.4) is 0 Å². The fourth-order valence-electron chi connectivity index (χ4n) is 1.62. The molecule has 2 rings (SSSR count). The lowest BCUT2D eigenvalue weighted by Crippen LogP contribution is -2.20. The Kier molecular flexibility index (Phi) is 4.45. The van der Waals surface area contributed by atoms with Crippen molar-refractivity contribution in [1.82, 2.24) is 5.32 Å². The van der Waals surface area contributed by atoms with Crippen LogP contribution < -0.4 is 5.32 Å². The van der Waals surface area contributed by atoms with Crippen molar-refractivity contribution in [1.29, 1.82) is 0 Å². The minimum atomic E-state index is -0.338. The third-order valence-electron chi connectivity index (χ3n) is 2.63. The van der Waals surface area contributed by atoms with Gasteiger partial charge in [-0.1, -0.05) is 48.5 Å². The molecule has 1 N–H and O–H groups in total. The van der Waals surface area contributed by atoms with E-state index in [-0.39, 0.29) is 11.7 Å². The van der Waals surface area contributed by atoms with Gasteiger partial charge < -0.3 is 5.32 Å². The van der Waals surface area contributed by atoms with Gasteiger partial charge in [0.1, 0.15) is 5.82 Å². The largest absolute Gasteiger partial charge is 0.348 e. The Hall–Kier alpha value is -2.42. The highest BCUT2D eigenvalue weighted by molar-refractivity contribution is 5.91. The van der Waals surface area contributed by atoms with Crippen LogP contribution in [-0.2, 0) is 11.3 Å². The van der Waals surface area contributed by atoms with E-state index in [9.17, 15) is 9.18 Å². The van der Waals surface area contributed by atoms with Gasteiger partial charge in [-0.25, -0.2) is 4.39 Å². The Bertz CT molecular complexity index is 578. The van der Waals surface area contributed by atoms with Crippen molar-refractivity contribution in [2.45, 2.75) is 6.54 Å². The van der Waals surface area contributed by atoms with Crippen LogP contribution in [-0.4, -0.2) is 5.91 Å². The van der Waals surface area contributed by atoms with E-state index in [4.69, 9.17) is 0 Å². The number of rotatable bonds is 4. The standard InChI is InChI=1S/C16H14FNO/c17-15-9-5-4-8-14(15)10-11-16(19)18-12-13-6-2-1-3-7-13/h1-11H,12H2,(H,18,19)/b11-10+. The lowest BCUT2D eigenvalue weighted by molar-refractivity contribution is -0.116. The number of benzene rings is 2. The molecule has 2 aromatic carbocycles. The number of halogens is 1. The van der Waals surface area contributed by atoms with Crippen LogP contribution >= 0.6 is 0 Å². The summed E-state index contributed by atoms with van der Waals surface area (Å²) < 4.78 is 13.3. The van der Waals surface area contributed by atoms with Crippen molar-refractivity contribution in [3.63, 3.8) is 0 Å². The number of carbonyl (C=O) groups is 1. The van der Waals surface area contributed by atoms with Gasteiger partial charge in [-0.05, 0) is 17.7 Å². The van der Waals surface area contributed by atoms with Crippen LogP contribution in [0.25, 0.3) is 6.08 Å². The van der Waals surface area contributed by atoms with E-state index in [1.807, 2.05) is 30.3 Å². The molecule has 0 radical (unpaired) electrons. The van der Waals surface area contributed by atoms with Crippen molar-refractivity contribution in [2.75, 3.05) is 0 Å². The molecule has 0 atom stereocenters. The molecule has 0 unspecified atom stereocenters. The molecular weight excluding hydrogens is 241 g/mol. The van der Waals surface area contributed by atoms with E-state index < -0.39 is 0 Å². The zero-order chi connectivity index (χ0) is 13.5. The van der Waals surface area contributed by atoms with Gasteiger partial charge in [0.2, 0.25) is 5.91 Å². The Morgan fingerprint density at radius 1 is 1.05 bits per heavy atom. The lowest BCUT2D eigenvalue weighted by atomic mass is 10.2. The summed E-state index contributed by atoms with van der Waals surface area (Å²) in [7, 11) is 0. The van der Waals surface area contributed by atoms with Crippen LogP contribution in [0.2, 0.25) is 0 Å². The third-order valence-corrected chi connectivity index (χ3v) is 2.63. The maximum atomic E-state index is 13.3. The molecule has 3 heteroatoms. The quantitative estimate of drug-likeness (QED) is 0.835. The summed E-state index contributed by atoms with van der Waals surface area (Å²) in [6.45, 7) is 0.460. The van der Waals surface area contributed by atoms with Crippen molar-refractivity contribution >= 4 is 12.0 Å². The van der Waals surface area contributed by atoms with E-state index in [1.54, 1.807) is 18.2 Å². The highest BCUT2D eigenvalue weighted by Crippen LogP contribution is 2.07. The molecule has 1 amide bonds. The van der Waals surface area contributed by atoms with Gasteiger partial charge in [0, 0.05) is 18.2 Å². The molecule has 0 aromatic heterocycles. The SMILES string of the molecule is O=C(/C=C/c1ccccc1F)NCc1ccccc1. The van der Waals surface area contributed by atoms with Gasteiger partial charge in [0.05, 0.1) is 0 Å². The summed E-state index contributed by atoms with van der Waals surface area (Å²) in [5, 5.41) is 2.74. The monoisotopic (exact) mass is 255 g/mol. The molecule has 0 fully saturated rings. The predicted octanol–water partition coefficient (Wildman–Crippen LogP) is 3.16. The van der Waals surface area contributed by atoms with Crippen molar-refractivity contribution in [3.05, 3.63) is 77.6 Å². The molecular formula is C16H14FNO. The van der Waals surface area contributed by atoms with Gasteiger partial charge in [0.15, 0.2) is 0 Å². The van der Waals surface area contributed by atoms with Crippen molar-refractivity contribution < 1.29 is 9.18 Å². The van der Waals surface area contributed by atoms with E-state index >= 15 is 0 Å². The Balaban J connectivity index is 1.90. The molecule has 0 bridgehead atoms. The maximum Gasteiger partial charge on any atom is 0.244 e. The number of amides is 1. The molecule has 0 saturated carbocycles. The predicted molar refractivity (Wildman–Crippen MR) is 73.7 cm³/mol. The fraction of sp³-hybridized carbons (Fsp3) is 0.0625. The van der Waals surface area contributed by atoms with E-state index in [0.29, 0.717) is 12.1 Å². The summed E-state index contributed by atoms with van der Waals surface area (Å²) in [5.41, 5.74) is 1.42. The smallest absolute Gasteiger partial charge is 0.244 e. The summed E-state index contributed by atoms with van der Waals surface area (Å²) >= 11 is 0. The van der Waals surface area contributed by atoms with Gasteiger partial charge >= 0.3 is 0 Å². The minimum Gasteiger partial charge on any atom is -0.348 e. The molecule has 2 nitrogen and oxygen atoms in total. The average Bonchev–Trinajstić information content (AvgIpc) is 2.45. The summed E-state index contributed by atoms with van der Waals surface area (Å²) in [6.07, 6.45) is 2.80. The first-order valence-corrected chi connectivity index (χ1v) is 6.00. The highest BCUT2D eigenvalue weighted by atomic mass is 19.1. The van der Waals surface area contributed by atoms with Gasteiger partial charge in [-0.2, -0.15) is 0 Å². The Morgan fingerprint density at radius 3 is 2.47 bits per heavy atom. The molecule has 0 aliphatic rings. The number of nitrogens with one attached hydrogen (secondary N) is 1. The van der Waals surface area contributed by atoms with Gasteiger partial charge in [-0.15, -0.1) is 0 Å². The topological polar surface area (TPSA) is 29.1 Å². The minimum absolute atomic E-state index is 0.243.